The van der Waals surface area contributed by atoms with Crippen LogP contribution in [0, 0.1) is 0 Å². The van der Waals surface area contributed by atoms with Crippen molar-refractivity contribution in [2.75, 3.05) is 13.1 Å². The molecule has 0 fully saturated rings. The van der Waals surface area contributed by atoms with Crippen LogP contribution in [0.4, 0.5) is 0 Å². The molecular formula is C16H12Cl4N2. The van der Waals surface area contributed by atoms with Gasteiger partial charge in [0, 0.05) is 12.4 Å². The molecule has 2 aromatic rings. The van der Waals surface area contributed by atoms with Crippen LogP contribution < -0.4 is 0 Å². The van der Waals surface area contributed by atoms with Gasteiger partial charge in [0.05, 0.1) is 33.2 Å². The van der Waals surface area contributed by atoms with Gasteiger partial charge in [-0.1, -0.05) is 58.5 Å². The van der Waals surface area contributed by atoms with Gasteiger partial charge in [-0.05, 0) is 35.4 Å². The molecule has 0 aromatic heterocycles. The largest absolute Gasteiger partial charge is 0.291 e. The highest BCUT2D eigenvalue weighted by molar-refractivity contribution is 6.42. The Balaban J connectivity index is 1.83. The van der Waals surface area contributed by atoms with E-state index in [0.717, 1.165) is 11.1 Å². The Hall–Kier alpha value is -1.06. The second-order valence-corrected chi connectivity index (χ2v) is 6.05. The standard InChI is InChI=1S/C16H12Cl4N2/c17-13-3-1-11(7-15(13)19)9-21-5-6-22-10-12-2-4-14(18)16(20)8-12/h1-4,7-10H,5-6H2. The van der Waals surface area contributed by atoms with Crippen LogP contribution in [0.5, 0.6) is 0 Å². The van der Waals surface area contributed by atoms with Gasteiger partial charge < -0.3 is 0 Å². The molecule has 6 heteroatoms. The van der Waals surface area contributed by atoms with E-state index in [1.165, 1.54) is 0 Å². The minimum absolute atomic E-state index is 0.517. The average molecular weight is 374 g/mol. The summed E-state index contributed by atoms with van der Waals surface area (Å²) in [7, 11) is 0. The Morgan fingerprint density at radius 3 is 1.41 bits per heavy atom. The molecule has 0 aliphatic rings. The van der Waals surface area contributed by atoms with Gasteiger partial charge in [-0.3, -0.25) is 9.98 Å². The fourth-order valence-corrected chi connectivity index (χ4v) is 2.25. The van der Waals surface area contributed by atoms with Gasteiger partial charge in [0.1, 0.15) is 0 Å². The quantitative estimate of drug-likeness (QED) is 0.464. The van der Waals surface area contributed by atoms with Crippen molar-refractivity contribution in [3.8, 4) is 0 Å². The number of nitrogens with zero attached hydrogens (tertiary/aromatic N) is 2. The summed E-state index contributed by atoms with van der Waals surface area (Å²) in [6.07, 6.45) is 3.49. The minimum atomic E-state index is 0.517. The normalized spacial score (nSPS) is 11.6. The van der Waals surface area contributed by atoms with Crippen molar-refractivity contribution < 1.29 is 0 Å². The number of rotatable bonds is 5. The maximum absolute atomic E-state index is 5.93. The van der Waals surface area contributed by atoms with Crippen LogP contribution in [0.1, 0.15) is 11.1 Å². The Morgan fingerprint density at radius 2 is 1.05 bits per heavy atom. The number of hydrogen-bond acceptors (Lipinski definition) is 2. The van der Waals surface area contributed by atoms with Gasteiger partial charge in [0.25, 0.3) is 0 Å². The fourth-order valence-electron chi connectivity index (χ4n) is 1.64. The van der Waals surface area contributed by atoms with E-state index in [4.69, 9.17) is 46.4 Å². The molecule has 2 aromatic carbocycles. The molecule has 0 N–H and O–H groups in total. The van der Waals surface area contributed by atoms with Crippen LogP contribution in [0.15, 0.2) is 46.4 Å². The zero-order valence-corrected chi connectivity index (χ0v) is 14.5. The van der Waals surface area contributed by atoms with Gasteiger partial charge in [0.2, 0.25) is 0 Å². The molecule has 0 bridgehead atoms. The third-order valence-corrected chi connectivity index (χ3v) is 4.20. The summed E-state index contributed by atoms with van der Waals surface area (Å²) in [6.45, 7) is 1.16. The molecule has 0 spiro atoms. The maximum atomic E-state index is 5.93. The first-order valence-corrected chi connectivity index (χ1v) is 7.97. The number of hydrogen-bond donors (Lipinski definition) is 0. The van der Waals surface area contributed by atoms with E-state index in [0.29, 0.717) is 33.2 Å². The van der Waals surface area contributed by atoms with Crippen molar-refractivity contribution in [1.82, 2.24) is 0 Å². The highest BCUT2D eigenvalue weighted by Gasteiger charge is 1.97. The predicted molar refractivity (Wildman–Crippen MR) is 97.8 cm³/mol. The summed E-state index contributed by atoms with van der Waals surface area (Å²) >= 11 is 23.6. The second kappa shape index (κ2) is 8.54. The smallest absolute Gasteiger partial charge is 0.0598 e. The Morgan fingerprint density at radius 1 is 0.636 bits per heavy atom. The van der Waals surface area contributed by atoms with Crippen molar-refractivity contribution >= 4 is 58.8 Å². The third kappa shape index (κ3) is 5.29. The molecule has 0 aliphatic heterocycles. The molecule has 22 heavy (non-hydrogen) atoms. The molecule has 114 valence electrons. The molecule has 2 rings (SSSR count). The van der Waals surface area contributed by atoms with Crippen LogP contribution in [0.2, 0.25) is 20.1 Å². The van der Waals surface area contributed by atoms with E-state index in [-0.39, 0.29) is 0 Å². The number of halogens is 4. The van der Waals surface area contributed by atoms with Crippen LogP contribution in [0.3, 0.4) is 0 Å². The summed E-state index contributed by atoms with van der Waals surface area (Å²) in [4.78, 5) is 8.58. The third-order valence-electron chi connectivity index (χ3n) is 2.73. The molecule has 0 unspecified atom stereocenters. The molecule has 0 aliphatic carbocycles. The van der Waals surface area contributed by atoms with Crippen LogP contribution in [-0.2, 0) is 0 Å². The molecule has 0 radical (unpaired) electrons. The monoisotopic (exact) mass is 372 g/mol. The van der Waals surface area contributed by atoms with Crippen LogP contribution in [0.25, 0.3) is 0 Å². The summed E-state index contributed by atoms with van der Waals surface area (Å²) in [5.41, 5.74) is 1.81. The molecule has 0 saturated heterocycles. The van der Waals surface area contributed by atoms with Gasteiger partial charge in [-0.25, -0.2) is 0 Å². The minimum Gasteiger partial charge on any atom is -0.291 e. The van der Waals surface area contributed by atoms with E-state index in [9.17, 15) is 0 Å². The highest BCUT2D eigenvalue weighted by Crippen LogP contribution is 2.22. The van der Waals surface area contributed by atoms with E-state index in [1.807, 2.05) is 12.1 Å². The Labute approximate surface area is 149 Å². The zero-order valence-electron chi connectivity index (χ0n) is 11.4. The predicted octanol–water partition coefficient (Wildman–Crippen LogP) is 5.84. The SMILES string of the molecule is Clc1ccc(C=NCCN=Cc2ccc(Cl)c(Cl)c2)cc1Cl. The average Bonchev–Trinajstić information content (AvgIpc) is 2.50. The molecule has 0 amide bonds. The lowest BCUT2D eigenvalue weighted by Gasteiger charge is -1.97. The van der Waals surface area contributed by atoms with E-state index in [2.05, 4.69) is 9.98 Å². The Bertz CT molecular complexity index is 650. The first-order valence-electron chi connectivity index (χ1n) is 6.46. The summed E-state index contributed by atoms with van der Waals surface area (Å²) in [6, 6.07) is 10.7. The summed E-state index contributed by atoms with van der Waals surface area (Å²) in [5.74, 6) is 0. The molecule has 0 atom stereocenters. The van der Waals surface area contributed by atoms with Crippen LogP contribution in [-0.4, -0.2) is 25.5 Å². The lowest BCUT2D eigenvalue weighted by Crippen LogP contribution is -1.90. The lowest BCUT2D eigenvalue weighted by molar-refractivity contribution is 0.985. The molecule has 0 heterocycles. The van der Waals surface area contributed by atoms with Gasteiger partial charge >= 0.3 is 0 Å². The van der Waals surface area contributed by atoms with E-state index >= 15 is 0 Å². The van der Waals surface area contributed by atoms with E-state index in [1.54, 1.807) is 36.7 Å². The number of aliphatic imine (C=N–C) groups is 2. The topological polar surface area (TPSA) is 24.7 Å². The Kier molecular flexibility index (Phi) is 6.71. The second-order valence-electron chi connectivity index (χ2n) is 4.42. The van der Waals surface area contributed by atoms with Crippen molar-refractivity contribution in [3.05, 3.63) is 67.6 Å². The summed E-state index contributed by atoms with van der Waals surface area (Å²) < 4.78 is 0. The van der Waals surface area contributed by atoms with Crippen LogP contribution >= 0.6 is 46.4 Å². The maximum Gasteiger partial charge on any atom is 0.0598 e. The first kappa shape index (κ1) is 17.3. The molecule has 0 saturated carbocycles. The fraction of sp³-hybridized carbons (Fsp3) is 0.125. The highest BCUT2D eigenvalue weighted by atomic mass is 35.5. The first-order chi connectivity index (χ1) is 10.6. The van der Waals surface area contributed by atoms with E-state index < -0.39 is 0 Å². The van der Waals surface area contributed by atoms with Gasteiger partial charge in [-0.15, -0.1) is 0 Å². The van der Waals surface area contributed by atoms with Crippen molar-refractivity contribution in [2.45, 2.75) is 0 Å². The van der Waals surface area contributed by atoms with Gasteiger partial charge in [0.15, 0.2) is 0 Å². The zero-order chi connectivity index (χ0) is 15.9. The van der Waals surface area contributed by atoms with Crippen molar-refractivity contribution in [1.29, 1.82) is 0 Å². The lowest BCUT2D eigenvalue weighted by atomic mass is 10.2. The number of benzene rings is 2. The molecular weight excluding hydrogens is 362 g/mol. The van der Waals surface area contributed by atoms with Crippen molar-refractivity contribution in [3.63, 3.8) is 0 Å². The molecule has 2 nitrogen and oxygen atoms in total. The van der Waals surface area contributed by atoms with Crippen molar-refractivity contribution in [2.24, 2.45) is 9.98 Å². The summed E-state index contributed by atoms with van der Waals surface area (Å²) in [5, 5.41) is 2.10. The van der Waals surface area contributed by atoms with Gasteiger partial charge in [-0.2, -0.15) is 0 Å².